The Morgan fingerprint density at radius 3 is 2.37 bits per heavy atom. The maximum Gasteiger partial charge on any atom is 0.178 e. The molecule has 0 atom stereocenters. The number of halogens is 2. The first-order valence-corrected chi connectivity index (χ1v) is 7.63. The first-order valence-electron chi connectivity index (χ1n) is 6.87. The fourth-order valence-electron chi connectivity index (χ4n) is 2.47. The van der Waals surface area contributed by atoms with Gasteiger partial charge in [0.05, 0.1) is 11.6 Å². The van der Waals surface area contributed by atoms with Crippen LogP contribution in [-0.4, -0.2) is 30.3 Å². The van der Waals surface area contributed by atoms with E-state index < -0.39 is 0 Å². The van der Waals surface area contributed by atoms with Crippen LogP contribution in [0.4, 0.5) is 0 Å². The largest absolute Gasteiger partial charge is 0.296 e. The molecule has 0 aromatic heterocycles. The lowest BCUT2D eigenvalue weighted by molar-refractivity contribution is 0.0924. The Kier molecular flexibility index (Phi) is 5.68. The van der Waals surface area contributed by atoms with E-state index in [2.05, 4.69) is 4.90 Å². The van der Waals surface area contributed by atoms with E-state index >= 15 is 0 Å². The predicted octanol–water partition coefficient (Wildman–Crippen LogP) is 4.44. The van der Waals surface area contributed by atoms with Crippen molar-refractivity contribution < 1.29 is 4.79 Å². The minimum absolute atomic E-state index is 0.0630. The Labute approximate surface area is 124 Å². The van der Waals surface area contributed by atoms with Gasteiger partial charge in [-0.3, -0.25) is 9.69 Å². The molecule has 1 heterocycles. The highest BCUT2D eigenvalue weighted by Crippen LogP contribution is 2.21. The highest BCUT2D eigenvalue weighted by atomic mass is 35.5. The van der Waals surface area contributed by atoms with Crippen LogP contribution < -0.4 is 0 Å². The first kappa shape index (κ1) is 14.8. The monoisotopic (exact) mass is 299 g/mol. The van der Waals surface area contributed by atoms with Crippen LogP contribution in [0.15, 0.2) is 18.2 Å². The van der Waals surface area contributed by atoms with Crippen LogP contribution in [0, 0.1) is 0 Å². The average Bonchev–Trinajstić information content (AvgIpc) is 2.35. The van der Waals surface area contributed by atoms with Crippen molar-refractivity contribution in [1.82, 2.24) is 4.90 Å². The molecule has 0 spiro atoms. The Morgan fingerprint density at radius 2 is 1.68 bits per heavy atom. The fraction of sp³-hybridized carbons (Fsp3) is 0.533. The topological polar surface area (TPSA) is 20.3 Å². The molecule has 2 rings (SSSR count). The molecule has 0 bridgehead atoms. The molecule has 0 saturated carbocycles. The highest BCUT2D eigenvalue weighted by Gasteiger charge is 2.16. The van der Waals surface area contributed by atoms with Crippen molar-refractivity contribution in [3.8, 4) is 0 Å². The van der Waals surface area contributed by atoms with Crippen LogP contribution in [0.1, 0.15) is 42.5 Å². The lowest BCUT2D eigenvalue weighted by Gasteiger charge is -2.23. The van der Waals surface area contributed by atoms with E-state index in [-0.39, 0.29) is 5.78 Å². The molecule has 1 aromatic carbocycles. The SMILES string of the molecule is O=C(CN1CCCCCCC1)c1cc(Cl)ccc1Cl. The average molecular weight is 300 g/mol. The standard InChI is InChI=1S/C15H19Cl2NO/c16-12-6-7-14(17)13(10-12)15(19)11-18-8-4-2-1-3-5-9-18/h6-7,10H,1-5,8-9,11H2. The fourth-order valence-corrected chi connectivity index (χ4v) is 2.87. The van der Waals surface area contributed by atoms with E-state index in [1.165, 1.54) is 32.1 Å². The van der Waals surface area contributed by atoms with Gasteiger partial charge in [0.1, 0.15) is 0 Å². The van der Waals surface area contributed by atoms with Gasteiger partial charge in [-0.05, 0) is 44.1 Å². The van der Waals surface area contributed by atoms with Crippen LogP contribution >= 0.6 is 23.2 Å². The minimum atomic E-state index is 0.0630. The molecule has 0 radical (unpaired) electrons. The number of hydrogen-bond donors (Lipinski definition) is 0. The normalized spacial score (nSPS) is 17.8. The van der Waals surface area contributed by atoms with Crippen molar-refractivity contribution >= 4 is 29.0 Å². The predicted molar refractivity (Wildman–Crippen MR) is 80.3 cm³/mol. The van der Waals surface area contributed by atoms with E-state index in [0.29, 0.717) is 22.2 Å². The summed E-state index contributed by atoms with van der Waals surface area (Å²) in [5.74, 6) is 0.0630. The summed E-state index contributed by atoms with van der Waals surface area (Å²) in [6.45, 7) is 2.45. The summed E-state index contributed by atoms with van der Waals surface area (Å²) in [7, 11) is 0. The second kappa shape index (κ2) is 7.28. The number of carbonyl (C=O) groups is 1. The number of ketones is 1. The summed E-state index contributed by atoms with van der Waals surface area (Å²) >= 11 is 12.0. The Bertz CT molecular complexity index is 440. The Balaban J connectivity index is 2.00. The first-order chi connectivity index (χ1) is 9.16. The van der Waals surface area contributed by atoms with E-state index in [1.807, 2.05) is 0 Å². The second-order valence-electron chi connectivity index (χ2n) is 5.09. The third-order valence-corrected chi connectivity index (χ3v) is 4.11. The maximum atomic E-state index is 12.3. The van der Waals surface area contributed by atoms with Crippen LogP contribution in [0.2, 0.25) is 10.0 Å². The van der Waals surface area contributed by atoms with Gasteiger partial charge in [-0.1, -0.05) is 42.5 Å². The van der Waals surface area contributed by atoms with Crippen LogP contribution in [-0.2, 0) is 0 Å². The molecule has 0 aliphatic carbocycles. The van der Waals surface area contributed by atoms with Crippen molar-refractivity contribution in [2.45, 2.75) is 32.1 Å². The number of benzene rings is 1. The van der Waals surface area contributed by atoms with Gasteiger partial charge in [-0.2, -0.15) is 0 Å². The van der Waals surface area contributed by atoms with Crippen molar-refractivity contribution in [2.24, 2.45) is 0 Å². The number of likely N-dealkylation sites (tertiary alicyclic amines) is 1. The molecule has 0 amide bonds. The molecule has 0 N–H and O–H groups in total. The summed E-state index contributed by atoms with van der Waals surface area (Å²) in [6, 6.07) is 5.05. The molecule has 1 aliphatic heterocycles. The van der Waals surface area contributed by atoms with Gasteiger partial charge in [0, 0.05) is 10.6 Å². The summed E-state index contributed by atoms with van der Waals surface area (Å²) in [5, 5.41) is 1.04. The Hall–Kier alpha value is -0.570. The second-order valence-corrected chi connectivity index (χ2v) is 5.93. The molecular formula is C15H19Cl2NO. The van der Waals surface area contributed by atoms with E-state index in [1.54, 1.807) is 18.2 Å². The van der Waals surface area contributed by atoms with Gasteiger partial charge in [-0.15, -0.1) is 0 Å². The zero-order valence-electron chi connectivity index (χ0n) is 11.0. The molecule has 104 valence electrons. The quantitative estimate of drug-likeness (QED) is 0.769. The highest BCUT2D eigenvalue weighted by molar-refractivity contribution is 6.36. The number of rotatable bonds is 3. The van der Waals surface area contributed by atoms with Gasteiger partial charge in [0.2, 0.25) is 0 Å². The van der Waals surface area contributed by atoms with Crippen molar-refractivity contribution in [3.63, 3.8) is 0 Å². The molecule has 1 saturated heterocycles. The summed E-state index contributed by atoms with van der Waals surface area (Å²) in [4.78, 5) is 14.5. The lowest BCUT2D eigenvalue weighted by atomic mass is 10.1. The smallest absolute Gasteiger partial charge is 0.178 e. The van der Waals surface area contributed by atoms with Gasteiger partial charge in [-0.25, -0.2) is 0 Å². The molecule has 19 heavy (non-hydrogen) atoms. The molecule has 4 heteroatoms. The van der Waals surface area contributed by atoms with Crippen molar-refractivity contribution in [1.29, 1.82) is 0 Å². The summed E-state index contributed by atoms with van der Waals surface area (Å²) in [5.41, 5.74) is 0.538. The number of carbonyl (C=O) groups excluding carboxylic acids is 1. The minimum Gasteiger partial charge on any atom is -0.296 e. The zero-order valence-corrected chi connectivity index (χ0v) is 12.5. The van der Waals surface area contributed by atoms with Gasteiger partial charge in [0.25, 0.3) is 0 Å². The molecule has 2 nitrogen and oxygen atoms in total. The number of Topliss-reactive ketones (excluding diaryl/α,β-unsaturated/α-hetero) is 1. The van der Waals surface area contributed by atoms with Crippen molar-refractivity contribution in [2.75, 3.05) is 19.6 Å². The van der Waals surface area contributed by atoms with Gasteiger partial charge < -0.3 is 0 Å². The lowest BCUT2D eigenvalue weighted by Crippen LogP contribution is -2.32. The maximum absolute atomic E-state index is 12.3. The van der Waals surface area contributed by atoms with E-state index in [9.17, 15) is 4.79 Å². The molecule has 1 aliphatic rings. The summed E-state index contributed by atoms with van der Waals surface area (Å²) in [6.07, 6.45) is 6.21. The molecular weight excluding hydrogens is 281 g/mol. The molecule has 1 fully saturated rings. The molecule has 0 unspecified atom stereocenters. The van der Waals surface area contributed by atoms with Crippen LogP contribution in [0.3, 0.4) is 0 Å². The summed E-state index contributed by atoms with van der Waals surface area (Å²) < 4.78 is 0. The van der Waals surface area contributed by atoms with Gasteiger partial charge >= 0.3 is 0 Å². The Morgan fingerprint density at radius 1 is 1.05 bits per heavy atom. The van der Waals surface area contributed by atoms with E-state index in [0.717, 1.165) is 13.1 Å². The molecule has 1 aromatic rings. The van der Waals surface area contributed by atoms with Crippen molar-refractivity contribution in [3.05, 3.63) is 33.8 Å². The third kappa shape index (κ3) is 4.48. The number of hydrogen-bond acceptors (Lipinski definition) is 2. The number of nitrogens with zero attached hydrogens (tertiary/aromatic N) is 1. The van der Waals surface area contributed by atoms with Gasteiger partial charge in [0.15, 0.2) is 5.78 Å². The van der Waals surface area contributed by atoms with Crippen LogP contribution in [0.5, 0.6) is 0 Å². The van der Waals surface area contributed by atoms with Crippen LogP contribution in [0.25, 0.3) is 0 Å². The zero-order chi connectivity index (χ0) is 13.7. The van der Waals surface area contributed by atoms with E-state index in [4.69, 9.17) is 23.2 Å². The third-order valence-electron chi connectivity index (χ3n) is 3.54.